The van der Waals surface area contributed by atoms with Gasteiger partial charge in [-0.05, 0) is 54.1 Å². The first-order valence-corrected chi connectivity index (χ1v) is 10.4. The topological polar surface area (TPSA) is 53.0 Å². The summed E-state index contributed by atoms with van der Waals surface area (Å²) in [5.41, 5.74) is 1.06. The molecule has 0 aliphatic heterocycles. The van der Waals surface area contributed by atoms with Crippen LogP contribution in [-0.4, -0.2) is 67.6 Å². The predicted octanol–water partition coefficient (Wildman–Crippen LogP) is 3.37. The molecule has 6 nitrogen and oxygen atoms in total. The average molecular weight is 384 g/mol. The maximum atomic E-state index is 5.34. The van der Waals surface area contributed by atoms with Crippen LogP contribution in [0.1, 0.15) is 57.3 Å². The Bertz CT molecular complexity index is 532. The third-order valence-electron chi connectivity index (χ3n) is 4.43. The first-order chi connectivity index (χ1) is 12.4. The molecule has 0 aromatic carbocycles. The molecule has 1 aromatic heterocycles. The zero-order valence-electron chi connectivity index (χ0n) is 17.6. The third-order valence-corrected chi connectivity index (χ3v) is 5.48. The van der Waals surface area contributed by atoms with Crippen LogP contribution in [0.5, 0.6) is 0 Å². The lowest BCUT2D eigenvalue weighted by molar-refractivity contribution is 0.119. The summed E-state index contributed by atoms with van der Waals surface area (Å²) in [5.74, 6) is 0.944. The van der Waals surface area contributed by atoms with E-state index < -0.39 is 0 Å². The van der Waals surface area contributed by atoms with Crippen LogP contribution < -0.4 is 5.32 Å². The van der Waals surface area contributed by atoms with E-state index in [0.29, 0.717) is 6.04 Å². The number of nitrogens with one attached hydrogen (secondary N) is 1. The second kappa shape index (κ2) is 12.3. The molecule has 0 saturated heterocycles. The van der Waals surface area contributed by atoms with E-state index in [0.717, 1.165) is 49.3 Å². The highest BCUT2D eigenvalue weighted by Crippen LogP contribution is 2.20. The summed E-state index contributed by atoms with van der Waals surface area (Å²) in [5, 5.41) is 6.50. The van der Waals surface area contributed by atoms with Crippen molar-refractivity contribution < 1.29 is 4.74 Å². The number of thiazole rings is 1. The zero-order chi connectivity index (χ0) is 19.5. The molecule has 1 aromatic rings. The molecule has 7 heteroatoms. The van der Waals surface area contributed by atoms with E-state index in [1.807, 2.05) is 6.92 Å². The van der Waals surface area contributed by atoms with Crippen molar-refractivity contribution in [3.8, 4) is 0 Å². The molecule has 0 aliphatic carbocycles. The van der Waals surface area contributed by atoms with Crippen LogP contribution >= 0.6 is 11.3 Å². The molecule has 0 fully saturated rings. The molecule has 150 valence electrons. The molecule has 0 spiro atoms. The second-order valence-corrected chi connectivity index (χ2v) is 7.82. The molecule has 1 unspecified atom stereocenters. The molecule has 1 heterocycles. The van der Waals surface area contributed by atoms with Gasteiger partial charge in [0.15, 0.2) is 5.96 Å². The molecule has 0 aliphatic rings. The zero-order valence-corrected chi connectivity index (χ0v) is 18.4. The van der Waals surface area contributed by atoms with Crippen molar-refractivity contribution in [2.24, 2.45) is 4.99 Å². The Morgan fingerprint density at radius 3 is 2.65 bits per heavy atom. The SMILES string of the molecule is CCNC(=NCCCCN(C)C(C)C)N(C)Cc1csc(C(C)OC)n1. The summed E-state index contributed by atoms with van der Waals surface area (Å²) < 4.78 is 5.34. The molecule has 0 bridgehead atoms. The standard InChI is InChI=1S/C19H37N5OS/c1-8-20-19(21-11-9-10-12-23(5)15(2)3)24(6)13-17-14-26-18(22-17)16(4)25-7/h14-16H,8-13H2,1-7H3,(H,20,21). The van der Waals surface area contributed by atoms with Crippen molar-refractivity contribution in [1.29, 1.82) is 0 Å². The lowest BCUT2D eigenvalue weighted by Crippen LogP contribution is -2.38. The minimum absolute atomic E-state index is 0.0462. The molecular weight excluding hydrogens is 346 g/mol. The van der Waals surface area contributed by atoms with Gasteiger partial charge in [-0.15, -0.1) is 11.3 Å². The average Bonchev–Trinajstić information content (AvgIpc) is 3.07. The normalized spacial score (nSPS) is 13.5. The van der Waals surface area contributed by atoms with Crippen LogP contribution in [0.4, 0.5) is 0 Å². The second-order valence-electron chi connectivity index (χ2n) is 6.93. The van der Waals surface area contributed by atoms with Crippen LogP contribution in [0.25, 0.3) is 0 Å². The first-order valence-electron chi connectivity index (χ1n) is 9.55. The number of methoxy groups -OCH3 is 1. The van der Waals surface area contributed by atoms with Crippen molar-refractivity contribution in [3.63, 3.8) is 0 Å². The van der Waals surface area contributed by atoms with Crippen molar-refractivity contribution in [3.05, 3.63) is 16.1 Å². The lowest BCUT2D eigenvalue weighted by Gasteiger charge is -2.22. The van der Waals surface area contributed by atoms with Gasteiger partial charge in [0.2, 0.25) is 0 Å². The van der Waals surface area contributed by atoms with Crippen molar-refractivity contribution in [2.75, 3.05) is 40.8 Å². The van der Waals surface area contributed by atoms with Gasteiger partial charge in [-0.1, -0.05) is 0 Å². The number of ether oxygens (including phenoxy) is 1. The molecule has 1 N–H and O–H groups in total. The van der Waals surface area contributed by atoms with Gasteiger partial charge in [0.05, 0.1) is 12.2 Å². The van der Waals surface area contributed by atoms with Gasteiger partial charge in [-0.25, -0.2) is 4.98 Å². The summed E-state index contributed by atoms with van der Waals surface area (Å²) >= 11 is 1.65. The largest absolute Gasteiger partial charge is 0.375 e. The summed E-state index contributed by atoms with van der Waals surface area (Å²) in [6.45, 7) is 12.2. The Hall–Kier alpha value is -1.18. The van der Waals surface area contributed by atoms with Crippen LogP contribution in [0.15, 0.2) is 10.4 Å². The van der Waals surface area contributed by atoms with Gasteiger partial charge >= 0.3 is 0 Å². The summed E-state index contributed by atoms with van der Waals surface area (Å²) in [6.07, 6.45) is 2.32. The maximum absolute atomic E-state index is 5.34. The van der Waals surface area contributed by atoms with Gasteiger partial charge in [0.25, 0.3) is 0 Å². The highest BCUT2D eigenvalue weighted by atomic mass is 32.1. The number of hydrogen-bond acceptors (Lipinski definition) is 5. The highest BCUT2D eigenvalue weighted by Gasteiger charge is 2.12. The molecule has 0 amide bonds. The van der Waals surface area contributed by atoms with E-state index in [4.69, 9.17) is 9.73 Å². The molecule has 0 radical (unpaired) electrons. The fourth-order valence-electron chi connectivity index (χ4n) is 2.39. The summed E-state index contributed by atoms with van der Waals surface area (Å²) in [7, 11) is 5.96. The summed E-state index contributed by atoms with van der Waals surface area (Å²) in [4.78, 5) is 14.0. The van der Waals surface area contributed by atoms with Crippen molar-refractivity contribution >= 4 is 17.3 Å². The van der Waals surface area contributed by atoms with E-state index in [1.165, 1.54) is 6.42 Å². The van der Waals surface area contributed by atoms with Gasteiger partial charge in [0.1, 0.15) is 11.1 Å². The highest BCUT2D eigenvalue weighted by molar-refractivity contribution is 7.09. The third kappa shape index (κ3) is 8.01. The molecule has 0 saturated carbocycles. The van der Waals surface area contributed by atoms with Crippen LogP contribution in [0.2, 0.25) is 0 Å². The van der Waals surface area contributed by atoms with Crippen LogP contribution in [0.3, 0.4) is 0 Å². The van der Waals surface area contributed by atoms with Gasteiger partial charge < -0.3 is 19.9 Å². The number of nitrogens with zero attached hydrogens (tertiary/aromatic N) is 4. The Morgan fingerprint density at radius 2 is 2.04 bits per heavy atom. The smallest absolute Gasteiger partial charge is 0.194 e. The predicted molar refractivity (Wildman–Crippen MR) is 112 cm³/mol. The van der Waals surface area contributed by atoms with Crippen molar-refractivity contribution in [1.82, 2.24) is 20.1 Å². The monoisotopic (exact) mass is 383 g/mol. The fraction of sp³-hybridized carbons (Fsp3) is 0.789. The van der Waals surface area contributed by atoms with E-state index in [1.54, 1.807) is 18.4 Å². The Balaban J connectivity index is 2.52. The van der Waals surface area contributed by atoms with E-state index in [2.05, 4.69) is 60.3 Å². The number of unbranched alkanes of at least 4 members (excludes halogenated alkanes) is 1. The lowest BCUT2D eigenvalue weighted by atomic mass is 10.2. The van der Waals surface area contributed by atoms with Gasteiger partial charge in [0, 0.05) is 38.7 Å². The molecule has 1 rings (SSSR count). The van der Waals surface area contributed by atoms with Gasteiger partial charge in [-0.2, -0.15) is 0 Å². The number of aromatic nitrogens is 1. The summed E-state index contributed by atoms with van der Waals surface area (Å²) in [6, 6.07) is 0.603. The number of hydrogen-bond donors (Lipinski definition) is 1. The molecule has 26 heavy (non-hydrogen) atoms. The van der Waals surface area contributed by atoms with E-state index in [9.17, 15) is 0 Å². The molecule has 1 atom stereocenters. The van der Waals surface area contributed by atoms with E-state index in [-0.39, 0.29) is 6.10 Å². The van der Waals surface area contributed by atoms with Crippen LogP contribution in [0, 0.1) is 0 Å². The van der Waals surface area contributed by atoms with Crippen LogP contribution in [-0.2, 0) is 11.3 Å². The minimum Gasteiger partial charge on any atom is -0.375 e. The first kappa shape index (κ1) is 22.9. The number of rotatable bonds is 11. The fourth-order valence-corrected chi connectivity index (χ4v) is 3.23. The van der Waals surface area contributed by atoms with Gasteiger partial charge in [-0.3, -0.25) is 4.99 Å². The van der Waals surface area contributed by atoms with E-state index >= 15 is 0 Å². The number of guanidine groups is 1. The Kier molecular flexibility index (Phi) is 10.8. The molecular formula is C19H37N5OS. The van der Waals surface area contributed by atoms with Crippen molar-refractivity contribution in [2.45, 2.75) is 59.2 Å². The maximum Gasteiger partial charge on any atom is 0.194 e. The minimum atomic E-state index is 0.0462. The quantitative estimate of drug-likeness (QED) is 0.361. The number of aliphatic imine (C=N–C) groups is 1. The Morgan fingerprint density at radius 1 is 1.31 bits per heavy atom. The Labute approximate surface area is 163 Å².